The molecule has 1 heterocycles. The predicted molar refractivity (Wildman–Crippen MR) is 52.1 cm³/mol. The number of rotatable bonds is 4. The van der Waals surface area contributed by atoms with Gasteiger partial charge in [-0.05, 0) is 18.1 Å². The van der Waals surface area contributed by atoms with E-state index in [0.717, 1.165) is 0 Å². The summed E-state index contributed by atoms with van der Waals surface area (Å²) in [6.07, 6.45) is 1.39. The van der Waals surface area contributed by atoms with Gasteiger partial charge in [-0.2, -0.15) is 0 Å². The number of carbonyl (C=O) groups excluding carboxylic acids is 2. The van der Waals surface area contributed by atoms with Crippen molar-refractivity contribution in [2.75, 3.05) is 6.61 Å². The van der Waals surface area contributed by atoms with E-state index in [0.29, 0.717) is 5.56 Å². The Balaban J connectivity index is 3.34. The summed E-state index contributed by atoms with van der Waals surface area (Å²) in [4.78, 5) is 25.8. The monoisotopic (exact) mass is 209 g/mol. The average molecular weight is 209 g/mol. The second kappa shape index (κ2) is 4.52. The van der Waals surface area contributed by atoms with Crippen molar-refractivity contribution in [1.29, 1.82) is 0 Å². The summed E-state index contributed by atoms with van der Waals surface area (Å²) in [6.45, 7) is -0.216. The highest BCUT2D eigenvalue weighted by Crippen LogP contribution is 2.12. The van der Waals surface area contributed by atoms with Gasteiger partial charge in [-0.1, -0.05) is 0 Å². The average Bonchev–Trinajstić information content (AvgIpc) is 2.17. The molecule has 0 atom stereocenters. The molecule has 0 saturated heterocycles. The van der Waals surface area contributed by atoms with Crippen molar-refractivity contribution in [2.24, 2.45) is 11.5 Å². The van der Waals surface area contributed by atoms with Crippen molar-refractivity contribution in [2.45, 2.75) is 6.42 Å². The fraction of sp³-hybridized carbons (Fsp3) is 0.222. The first-order valence-corrected chi connectivity index (χ1v) is 4.26. The Morgan fingerprint density at radius 3 is 2.47 bits per heavy atom. The molecule has 0 spiro atoms. The molecule has 0 radical (unpaired) electrons. The quantitative estimate of drug-likeness (QED) is 0.577. The molecule has 5 N–H and O–H groups in total. The van der Waals surface area contributed by atoms with Gasteiger partial charge < -0.3 is 16.6 Å². The lowest BCUT2D eigenvalue weighted by Gasteiger charge is -2.08. The first-order chi connectivity index (χ1) is 7.07. The minimum absolute atomic E-state index is 0.0275. The normalized spacial score (nSPS) is 9.93. The van der Waals surface area contributed by atoms with Crippen LogP contribution in [-0.4, -0.2) is 28.5 Å². The van der Waals surface area contributed by atoms with E-state index in [2.05, 4.69) is 4.98 Å². The van der Waals surface area contributed by atoms with Crippen LogP contribution < -0.4 is 11.5 Å². The Kier molecular flexibility index (Phi) is 3.35. The third-order valence-corrected chi connectivity index (χ3v) is 1.92. The maximum absolute atomic E-state index is 11.0. The van der Waals surface area contributed by atoms with Crippen LogP contribution in [0.25, 0.3) is 0 Å². The van der Waals surface area contributed by atoms with Gasteiger partial charge in [0, 0.05) is 18.4 Å². The summed E-state index contributed by atoms with van der Waals surface area (Å²) in [5.74, 6) is -1.43. The number of hydrogen-bond donors (Lipinski definition) is 3. The molecule has 0 bridgehead atoms. The maximum Gasteiger partial charge on any atom is 0.267 e. The fourth-order valence-electron chi connectivity index (χ4n) is 1.30. The van der Waals surface area contributed by atoms with E-state index in [4.69, 9.17) is 16.6 Å². The Morgan fingerprint density at radius 2 is 2.00 bits per heavy atom. The lowest BCUT2D eigenvalue weighted by atomic mass is 10.0. The van der Waals surface area contributed by atoms with Crippen molar-refractivity contribution in [3.05, 3.63) is 29.1 Å². The minimum atomic E-state index is -0.749. The van der Waals surface area contributed by atoms with Crippen LogP contribution >= 0.6 is 0 Å². The maximum atomic E-state index is 11.0. The number of hydrogen-bond acceptors (Lipinski definition) is 4. The summed E-state index contributed by atoms with van der Waals surface area (Å²) >= 11 is 0. The molecule has 0 aliphatic rings. The Labute approximate surface area is 85.9 Å². The van der Waals surface area contributed by atoms with E-state index < -0.39 is 11.8 Å². The van der Waals surface area contributed by atoms with Crippen molar-refractivity contribution in [3.8, 4) is 0 Å². The SMILES string of the molecule is NC(=O)c1ccnc(C(N)=O)c1CCO. The van der Waals surface area contributed by atoms with Crippen LogP contribution in [0.3, 0.4) is 0 Å². The van der Waals surface area contributed by atoms with E-state index in [9.17, 15) is 9.59 Å². The highest BCUT2D eigenvalue weighted by atomic mass is 16.3. The van der Waals surface area contributed by atoms with Crippen LogP contribution in [0.15, 0.2) is 12.3 Å². The van der Waals surface area contributed by atoms with Crippen molar-refractivity contribution in [1.82, 2.24) is 4.98 Å². The lowest BCUT2D eigenvalue weighted by molar-refractivity contribution is 0.0994. The highest BCUT2D eigenvalue weighted by Gasteiger charge is 2.16. The molecule has 0 unspecified atom stereocenters. The van der Waals surface area contributed by atoms with Crippen LogP contribution in [-0.2, 0) is 6.42 Å². The van der Waals surface area contributed by atoms with Gasteiger partial charge in [0.05, 0.1) is 0 Å². The largest absolute Gasteiger partial charge is 0.396 e. The summed E-state index contributed by atoms with van der Waals surface area (Å²) in [7, 11) is 0. The zero-order chi connectivity index (χ0) is 11.4. The second-order valence-corrected chi connectivity index (χ2v) is 2.89. The standard InChI is InChI=1S/C9H11N3O3/c10-8(14)6-1-3-12-7(9(11)15)5(6)2-4-13/h1,3,13H,2,4H2,(H2,10,14)(H2,11,15). The van der Waals surface area contributed by atoms with Crippen molar-refractivity contribution in [3.63, 3.8) is 0 Å². The van der Waals surface area contributed by atoms with Crippen LogP contribution in [0, 0.1) is 0 Å². The van der Waals surface area contributed by atoms with E-state index in [-0.39, 0.29) is 24.3 Å². The van der Waals surface area contributed by atoms with E-state index in [1.165, 1.54) is 12.3 Å². The lowest BCUT2D eigenvalue weighted by Crippen LogP contribution is -2.21. The zero-order valence-electron chi connectivity index (χ0n) is 7.93. The van der Waals surface area contributed by atoms with Crippen LogP contribution in [0.5, 0.6) is 0 Å². The number of aliphatic hydroxyl groups excluding tert-OH is 1. The van der Waals surface area contributed by atoms with Gasteiger partial charge in [-0.3, -0.25) is 14.6 Å². The zero-order valence-corrected chi connectivity index (χ0v) is 7.93. The molecule has 80 valence electrons. The number of aliphatic hydroxyl groups is 1. The topological polar surface area (TPSA) is 119 Å². The molecule has 1 aromatic heterocycles. The molecule has 0 aliphatic carbocycles. The molecule has 0 fully saturated rings. The number of carbonyl (C=O) groups is 2. The number of aromatic nitrogens is 1. The molecular formula is C9H11N3O3. The second-order valence-electron chi connectivity index (χ2n) is 2.89. The van der Waals surface area contributed by atoms with Gasteiger partial charge in [-0.25, -0.2) is 0 Å². The third kappa shape index (κ3) is 2.29. The third-order valence-electron chi connectivity index (χ3n) is 1.92. The predicted octanol–water partition coefficient (Wildman–Crippen LogP) is -1.19. The highest BCUT2D eigenvalue weighted by molar-refractivity contribution is 5.99. The number of nitrogens with two attached hydrogens (primary N) is 2. The summed E-state index contributed by atoms with van der Waals surface area (Å²) in [5, 5.41) is 8.80. The number of amides is 2. The molecule has 6 nitrogen and oxygen atoms in total. The Bertz CT molecular complexity index is 371. The smallest absolute Gasteiger partial charge is 0.267 e. The van der Waals surface area contributed by atoms with Crippen LogP contribution in [0.2, 0.25) is 0 Å². The van der Waals surface area contributed by atoms with Gasteiger partial charge in [0.1, 0.15) is 5.69 Å². The summed E-state index contributed by atoms with van der Waals surface area (Å²) < 4.78 is 0. The summed E-state index contributed by atoms with van der Waals surface area (Å²) in [5.41, 5.74) is 10.6. The molecular weight excluding hydrogens is 198 g/mol. The molecule has 1 aromatic rings. The van der Waals surface area contributed by atoms with Crippen molar-refractivity contribution >= 4 is 11.8 Å². The van der Waals surface area contributed by atoms with Crippen LogP contribution in [0.1, 0.15) is 26.4 Å². The van der Waals surface area contributed by atoms with Crippen LogP contribution in [0.4, 0.5) is 0 Å². The van der Waals surface area contributed by atoms with E-state index >= 15 is 0 Å². The van der Waals surface area contributed by atoms with Gasteiger partial charge >= 0.3 is 0 Å². The number of pyridine rings is 1. The van der Waals surface area contributed by atoms with E-state index in [1.807, 2.05) is 0 Å². The first kappa shape index (κ1) is 11.1. The van der Waals surface area contributed by atoms with Gasteiger partial charge in [0.25, 0.3) is 5.91 Å². The first-order valence-electron chi connectivity index (χ1n) is 4.26. The number of primary amides is 2. The number of nitrogens with zero attached hydrogens (tertiary/aromatic N) is 1. The van der Waals surface area contributed by atoms with Gasteiger partial charge in [0.15, 0.2) is 0 Å². The Morgan fingerprint density at radius 1 is 1.33 bits per heavy atom. The molecule has 0 aromatic carbocycles. The molecule has 0 aliphatic heterocycles. The fourth-order valence-corrected chi connectivity index (χ4v) is 1.30. The minimum Gasteiger partial charge on any atom is -0.396 e. The molecule has 2 amide bonds. The van der Waals surface area contributed by atoms with E-state index in [1.54, 1.807) is 0 Å². The Hall–Kier alpha value is -1.95. The molecule has 1 rings (SSSR count). The molecule has 0 saturated carbocycles. The van der Waals surface area contributed by atoms with Gasteiger partial charge in [-0.15, -0.1) is 0 Å². The van der Waals surface area contributed by atoms with Gasteiger partial charge in [0.2, 0.25) is 5.91 Å². The summed E-state index contributed by atoms with van der Waals surface area (Å²) in [6, 6.07) is 1.39. The molecule has 15 heavy (non-hydrogen) atoms. The van der Waals surface area contributed by atoms with Crippen molar-refractivity contribution < 1.29 is 14.7 Å². The molecule has 6 heteroatoms.